The van der Waals surface area contributed by atoms with E-state index in [0.717, 1.165) is 33.7 Å². The Bertz CT molecular complexity index is 904. The number of aryl methyl sites for hydroxylation is 2. The van der Waals surface area contributed by atoms with Gasteiger partial charge in [-0.05, 0) is 38.5 Å². The maximum absolute atomic E-state index is 10.2. The molecule has 0 aliphatic heterocycles. The molecule has 7 nitrogen and oxygen atoms in total. The van der Waals surface area contributed by atoms with Gasteiger partial charge in [0.25, 0.3) is 0 Å². The summed E-state index contributed by atoms with van der Waals surface area (Å²) in [5.41, 5.74) is 2.73. The molecule has 2 heterocycles. The normalized spacial score (nSPS) is 13.4. The topological polar surface area (TPSA) is 77.1 Å². The standard InChI is InChI=1S/C18H25N5O2/c1-11(25-6)16-14(10-19-23(16)5)20-17-13-8-7-12(18(2,3)24)9-15(13)22(4)21-17/h7-11,24H,1-6H3,(H,20,21). The zero-order valence-corrected chi connectivity index (χ0v) is 15.5. The van der Waals surface area contributed by atoms with Crippen LogP contribution in [0.4, 0.5) is 11.5 Å². The molecule has 3 aromatic rings. The van der Waals surface area contributed by atoms with Gasteiger partial charge in [0.2, 0.25) is 0 Å². The van der Waals surface area contributed by atoms with Gasteiger partial charge in [0.1, 0.15) is 0 Å². The van der Waals surface area contributed by atoms with Gasteiger partial charge in [-0.1, -0.05) is 6.07 Å². The SMILES string of the molecule is COC(C)c1c(Nc2nn(C)c3cc(C(C)(C)O)ccc23)cnn1C. The molecule has 1 unspecified atom stereocenters. The fraction of sp³-hybridized carbons (Fsp3) is 0.444. The van der Waals surface area contributed by atoms with Crippen molar-refractivity contribution >= 4 is 22.4 Å². The van der Waals surface area contributed by atoms with Gasteiger partial charge in [-0.3, -0.25) is 9.36 Å². The Morgan fingerprint density at radius 1 is 1.24 bits per heavy atom. The van der Waals surface area contributed by atoms with E-state index in [4.69, 9.17) is 4.74 Å². The fourth-order valence-corrected chi connectivity index (χ4v) is 2.99. The van der Waals surface area contributed by atoms with Crippen molar-refractivity contribution in [3.63, 3.8) is 0 Å². The number of anilines is 2. The van der Waals surface area contributed by atoms with Crippen molar-refractivity contribution < 1.29 is 9.84 Å². The van der Waals surface area contributed by atoms with Crippen molar-refractivity contribution in [3.8, 4) is 0 Å². The lowest BCUT2D eigenvalue weighted by atomic mass is 9.97. The van der Waals surface area contributed by atoms with Gasteiger partial charge >= 0.3 is 0 Å². The monoisotopic (exact) mass is 343 g/mol. The molecule has 1 atom stereocenters. The Morgan fingerprint density at radius 3 is 2.60 bits per heavy atom. The van der Waals surface area contributed by atoms with E-state index in [-0.39, 0.29) is 6.10 Å². The first kappa shape index (κ1) is 17.4. The molecule has 0 spiro atoms. The van der Waals surface area contributed by atoms with Crippen LogP contribution in [0.2, 0.25) is 0 Å². The molecule has 2 aromatic heterocycles. The summed E-state index contributed by atoms with van der Waals surface area (Å²) < 4.78 is 9.05. The summed E-state index contributed by atoms with van der Waals surface area (Å²) in [7, 11) is 5.46. The first-order valence-corrected chi connectivity index (χ1v) is 8.23. The van der Waals surface area contributed by atoms with Crippen LogP contribution in [0, 0.1) is 0 Å². The summed E-state index contributed by atoms with van der Waals surface area (Å²) in [6.07, 6.45) is 1.68. The Labute approximate surface area is 147 Å². The summed E-state index contributed by atoms with van der Waals surface area (Å²) in [5.74, 6) is 0.748. The van der Waals surface area contributed by atoms with E-state index in [2.05, 4.69) is 15.5 Å². The maximum atomic E-state index is 10.2. The minimum atomic E-state index is -0.892. The van der Waals surface area contributed by atoms with E-state index in [9.17, 15) is 5.11 Å². The van der Waals surface area contributed by atoms with E-state index < -0.39 is 5.60 Å². The van der Waals surface area contributed by atoms with Crippen LogP contribution < -0.4 is 5.32 Å². The molecule has 0 fully saturated rings. The summed E-state index contributed by atoms with van der Waals surface area (Å²) in [6.45, 7) is 5.53. The molecule has 1 aromatic carbocycles. The Kier molecular flexibility index (Phi) is 4.30. The second-order valence-electron chi connectivity index (χ2n) is 6.83. The number of nitrogens with zero attached hydrogens (tertiary/aromatic N) is 4. The molecular formula is C18H25N5O2. The van der Waals surface area contributed by atoms with Crippen LogP contribution in [0.3, 0.4) is 0 Å². The van der Waals surface area contributed by atoms with Crippen molar-refractivity contribution in [1.82, 2.24) is 19.6 Å². The van der Waals surface area contributed by atoms with Crippen molar-refractivity contribution in [2.75, 3.05) is 12.4 Å². The lowest BCUT2D eigenvalue weighted by Gasteiger charge is -2.17. The van der Waals surface area contributed by atoms with Crippen LogP contribution in [0.25, 0.3) is 10.9 Å². The van der Waals surface area contributed by atoms with Gasteiger partial charge < -0.3 is 15.2 Å². The van der Waals surface area contributed by atoms with Gasteiger partial charge in [-0.2, -0.15) is 10.2 Å². The molecule has 0 saturated carbocycles. The Balaban J connectivity index is 2.04. The second-order valence-corrected chi connectivity index (χ2v) is 6.83. The van der Waals surface area contributed by atoms with Crippen LogP contribution in [-0.4, -0.2) is 31.8 Å². The lowest BCUT2D eigenvalue weighted by Crippen LogP contribution is -2.15. The largest absolute Gasteiger partial charge is 0.386 e. The molecule has 0 saturated heterocycles. The van der Waals surface area contributed by atoms with E-state index in [1.54, 1.807) is 31.8 Å². The van der Waals surface area contributed by atoms with Crippen LogP contribution >= 0.6 is 0 Å². The van der Waals surface area contributed by atoms with Crippen LogP contribution in [0.1, 0.15) is 38.1 Å². The molecule has 0 amide bonds. The van der Waals surface area contributed by atoms with Gasteiger partial charge in [0, 0.05) is 26.6 Å². The summed E-state index contributed by atoms with van der Waals surface area (Å²) in [6, 6.07) is 5.88. The number of hydrogen-bond acceptors (Lipinski definition) is 5. The molecule has 0 bridgehead atoms. The average molecular weight is 343 g/mol. The molecule has 0 aliphatic rings. The third-order valence-electron chi connectivity index (χ3n) is 4.53. The third kappa shape index (κ3) is 3.12. The number of hydrogen-bond donors (Lipinski definition) is 2. The molecule has 3 rings (SSSR count). The minimum absolute atomic E-state index is 0.0910. The first-order chi connectivity index (χ1) is 11.7. The fourth-order valence-electron chi connectivity index (χ4n) is 2.99. The summed E-state index contributed by atoms with van der Waals surface area (Å²) in [5, 5.41) is 23.5. The van der Waals surface area contributed by atoms with Gasteiger partial charge in [0.05, 0.1) is 34.8 Å². The molecule has 134 valence electrons. The van der Waals surface area contributed by atoms with Gasteiger partial charge in [0.15, 0.2) is 5.82 Å². The van der Waals surface area contributed by atoms with Crippen LogP contribution in [-0.2, 0) is 24.4 Å². The summed E-state index contributed by atoms with van der Waals surface area (Å²) >= 11 is 0. The minimum Gasteiger partial charge on any atom is -0.386 e. The molecule has 25 heavy (non-hydrogen) atoms. The van der Waals surface area contributed by atoms with Crippen LogP contribution in [0.5, 0.6) is 0 Å². The average Bonchev–Trinajstić information content (AvgIpc) is 3.07. The third-order valence-corrected chi connectivity index (χ3v) is 4.53. The van der Waals surface area contributed by atoms with Crippen LogP contribution in [0.15, 0.2) is 24.4 Å². The zero-order valence-electron chi connectivity index (χ0n) is 15.5. The van der Waals surface area contributed by atoms with Crippen molar-refractivity contribution in [3.05, 3.63) is 35.7 Å². The highest BCUT2D eigenvalue weighted by atomic mass is 16.5. The molecular weight excluding hydrogens is 318 g/mol. The number of nitrogens with one attached hydrogen (secondary N) is 1. The number of rotatable bonds is 5. The predicted molar refractivity (Wildman–Crippen MR) is 97.9 cm³/mol. The number of aromatic nitrogens is 4. The highest BCUT2D eigenvalue weighted by molar-refractivity contribution is 5.92. The molecule has 7 heteroatoms. The zero-order chi connectivity index (χ0) is 18.4. The lowest BCUT2D eigenvalue weighted by molar-refractivity contribution is 0.0787. The highest BCUT2D eigenvalue weighted by Gasteiger charge is 2.20. The van der Waals surface area contributed by atoms with E-state index in [0.29, 0.717) is 0 Å². The van der Waals surface area contributed by atoms with E-state index in [1.165, 1.54) is 0 Å². The predicted octanol–water partition coefficient (Wildman–Crippen LogP) is 2.99. The smallest absolute Gasteiger partial charge is 0.160 e. The van der Waals surface area contributed by atoms with Crippen molar-refractivity contribution in [2.24, 2.45) is 14.1 Å². The number of aliphatic hydroxyl groups is 1. The van der Waals surface area contributed by atoms with Gasteiger partial charge in [-0.15, -0.1) is 0 Å². The van der Waals surface area contributed by atoms with Gasteiger partial charge in [-0.25, -0.2) is 0 Å². The molecule has 0 radical (unpaired) electrons. The Hall–Kier alpha value is -2.38. The number of methoxy groups -OCH3 is 1. The number of fused-ring (bicyclic) bond motifs is 1. The number of ether oxygens (including phenoxy) is 1. The highest BCUT2D eigenvalue weighted by Crippen LogP contribution is 2.32. The van der Waals surface area contributed by atoms with E-state index in [1.807, 2.05) is 43.9 Å². The molecule has 2 N–H and O–H groups in total. The van der Waals surface area contributed by atoms with Crippen molar-refractivity contribution in [1.29, 1.82) is 0 Å². The molecule has 0 aliphatic carbocycles. The van der Waals surface area contributed by atoms with Crippen molar-refractivity contribution in [2.45, 2.75) is 32.5 Å². The summed E-state index contributed by atoms with van der Waals surface area (Å²) in [4.78, 5) is 0. The second kappa shape index (κ2) is 6.16. The van der Waals surface area contributed by atoms with E-state index >= 15 is 0 Å². The Morgan fingerprint density at radius 2 is 1.96 bits per heavy atom. The first-order valence-electron chi connectivity index (χ1n) is 8.23. The number of benzene rings is 1. The maximum Gasteiger partial charge on any atom is 0.160 e. The quantitative estimate of drug-likeness (QED) is 0.745.